The van der Waals surface area contributed by atoms with Gasteiger partial charge in [-0.1, -0.05) is 23.4 Å². The standard InChI is InChI=1S/C21H24N4O6S/c1-12(9-32-21-22-23-24-25(21)3)8-14-13(2)19(26)17-15(30-10-28-4)6-7-16(31-11-29-5)18(17)20(14)27/h6-8H,9-11H2,1-5H3/b12-8+. The van der Waals surface area contributed by atoms with Gasteiger partial charge in [-0.3, -0.25) is 9.59 Å². The van der Waals surface area contributed by atoms with Crippen molar-refractivity contribution in [2.45, 2.75) is 19.0 Å². The van der Waals surface area contributed by atoms with Crippen molar-refractivity contribution in [3.63, 3.8) is 0 Å². The minimum absolute atomic E-state index is 0.0606. The maximum absolute atomic E-state index is 13.5. The van der Waals surface area contributed by atoms with Crippen molar-refractivity contribution in [2.24, 2.45) is 7.05 Å². The monoisotopic (exact) mass is 460 g/mol. The summed E-state index contributed by atoms with van der Waals surface area (Å²) >= 11 is 1.43. The number of Topliss-reactive ketones (excluding diaryl/α,β-unsaturated/α-hetero) is 2. The van der Waals surface area contributed by atoms with Crippen molar-refractivity contribution in [3.8, 4) is 11.5 Å². The summed E-state index contributed by atoms with van der Waals surface area (Å²) in [5, 5.41) is 12.0. The number of carbonyl (C=O) groups is 2. The maximum atomic E-state index is 13.5. The highest BCUT2D eigenvalue weighted by atomic mass is 32.2. The van der Waals surface area contributed by atoms with Gasteiger partial charge in [0.15, 0.2) is 25.2 Å². The van der Waals surface area contributed by atoms with Crippen LogP contribution in [0.2, 0.25) is 0 Å². The van der Waals surface area contributed by atoms with E-state index in [-0.39, 0.29) is 47.8 Å². The predicted octanol–water partition coefficient (Wildman–Crippen LogP) is 2.61. The van der Waals surface area contributed by atoms with Gasteiger partial charge in [-0.05, 0) is 36.4 Å². The summed E-state index contributed by atoms with van der Waals surface area (Å²) in [6.45, 7) is 3.38. The molecule has 32 heavy (non-hydrogen) atoms. The van der Waals surface area contributed by atoms with Crippen LogP contribution in [-0.2, 0) is 16.5 Å². The first kappa shape index (κ1) is 23.6. The Morgan fingerprint density at radius 3 is 2.19 bits per heavy atom. The number of carbonyl (C=O) groups excluding carboxylic acids is 2. The molecule has 0 radical (unpaired) electrons. The Balaban J connectivity index is 1.98. The zero-order valence-corrected chi connectivity index (χ0v) is 19.3. The van der Waals surface area contributed by atoms with Crippen molar-refractivity contribution in [3.05, 3.63) is 46.1 Å². The molecule has 0 fully saturated rings. The summed E-state index contributed by atoms with van der Waals surface area (Å²) in [4.78, 5) is 26.8. The van der Waals surface area contributed by atoms with Crippen molar-refractivity contribution >= 4 is 23.3 Å². The van der Waals surface area contributed by atoms with E-state index in [9.17, 15) is 9.59 Å². The molecule has 0 saturated heterocycles. The van der Waals surface area contributed by atoms with Gasteiger partial charge in [-0.15, -0.1) is 5.10 Å². The van der Waals surface area contributed by atoms with E-state index in [4.69, 9.17) is 18.9 Å². The molecule has 1 heterocycles. The molecular formula is C21H24N4O6S. The second-order valence-electron chi connectivity index (χ2n) is 6.97. The molecule has 0 bridgehead atoms. The predicted molar refractivity (Wildman–Crippen MR) is 116 cm³/mol. The number of benzene rings is 1. The summed E-state index contributed by atoms with van der Waals surface area (Å²) < 4.78 is 22.6. The Labute approximate surface area is 189 Å². The second kappa shape index (κ2) is 10.5. The van der Waals surface area contributed by atoms with Gasteiger partial charge in [0.2, 0.25) is 5.16 Å². The molecule has 3 rings (SSSR count). The van der Waals surface area contributed by atoms with E-state index in [1.807, 2.05) is 6.92 Å². The van der Waals surface area contributed by atoms with E-state index in [1.54, 1.807) is 36.9 Å². The van der Waals surface area contributed by atoms with Crippen LogP contribution in [0.3, 0.4) is 0 Å². The topological polar surface area (TPSA) is 115 Å². The largest absolute Gasteiger partial charge is 0.467 e. The molecule has 1 aliphatic carbocycles. The number of ether oxygens (including phenoxy) is 4. The number of allylic oxidation sites excluding steroid dienone is 3. The molecule has 0 amide bonds. The van der Waals surface area contributed by atoms with E-state index in [0.29, 0.717) is 22.1 Å². The number of methoxy groups -OCH3 is 2. The SMILES string of the molecule is COCOc1ccc(OCOC)c2c1C(=O)C(C)=C(/C=C(\C)CSc1nnnn1C)C2=O. The number of thioether (sulfide) groups is 1. The molecule has 0 unspecified atom stereocenters. The zero-order valence-electron chi connectivity index (χ0n) is 18.5. The van der Waals surface area contributed by atoms with E-state index in [0.717, 1.165) is 5.57 Å². The van der Waals surface area contributed by atoms with Crippen LogP contribution in [0.15, 0.2) is 40.1 Å². The lowest BCUT2D eigenvalue weighted by atomic mass is 9.83. The Kier molecular flexibility index (Phi) is 7.78. The minimum atomic E-state index is -0.323. The molecular weight excluding hydrogens is 436 g/mol. The molecule has 11 heteroatoms. The summed E-state index contributed by atoms with van der Waals surface area (Å²) in [5.74, 6) is 0.423. The van der Waals surface area contributed by atoms with Crippen LogP contribution in [0.5, 0.6) is 11.5 Å². The molecule has 1 aliphatic rings. The molecule has 0 aliphatic heterocycles. The summed E-state index contributed by atoms with van der Waals surface area (Å²) in [5.41, 5.74) is 1.83. The lowest BCUT2D eigenvalue weighted by molar-refractivity contribution is 0.0468. The van der Waals surface area contributed by atoms with Crippen LogP contribution in [0.25, 0.3) is 0 Å². The number of hydrogen-bond acceptors (Lipinski definition) is 10. The minimum Gasteiger partial charge on any atom is -0.467 e. The van der Waals surface area contributed by atoms with Gasteiger partial charge in [0, 0.05) is 38.2 Å². The van der Waals surface area contributed by atoms with Gasteiger partial charge in [-0.25, -0.2) is 4.68 Å². The number of nitrogens with zero attached hydrogens (tertiary/aromatic N) is 4. The Morgan fingerprint density at radius 2 is 1.66 bits per heavy atom. The van der Waals surface area contributed by atoms with Crippen LogP contribution < -0.4 is 9.47 Å². The molecule has 0 spiro atoms. The summed E-state index contributed by atoms with van der Waals surface area (Å²) in [6.07, 6.45) is 1.72. The fourth-order valence-electron chi connectivity index (χ4n) is 3.10. The van der Waals surface area contributed by atoms with Crippen molar-refractivity contribution in [1.29, 1.82) is 0 Å². The lowest BCUT2D eigenvalue weighted by Gasteiger charge is -2.23. The average Bonchev–Trinajstić information content (AvgIpc) is 3.20. The van der Waals surface area contributed by atoms with Crippen LogP contribution in [-0.4, -0.2) is 65.3 Å². The Bertz CT molecular complexity index is 1090. The first-order chi connectivity index (χ1) is 15.4. The number of fused-ring (bicyclic) bond motifs is 1. The highest BCUT2D eigenvalue weighted by molar-refractivity contribution is 7.99. The number of tetrazole rings is 1. The third-order valence-electron chi connectivity index (χ3n) is 4.64. The van der Waals surface area contributed by atoms with E-state index in [2.05, 4.69) is 15.5 Å². The highest BCUT2D eigenvalue weighted by Crippen LogP contribution is 2.39. The van der Waals surface area contributed by atoms with Crippen molar-refractivity contribution in [2.75, 3.05) is 33.6 Å². The van der Waals surface area contributed by atoms with Gasteiger partial charge in [0.25, 0.3) is 0 Å². The number of ketones is 2. The first-order valence-corrected chi connectivity index (χ1v) is 10.6. The van der Waals surface area contributed by atoms with Crippen molar-refractivity contribution in [1.82, 2.24) is 20.2 Å². The second-order valence-corrected chi connectivity index (χ2v) is 7.92. The van der Waals surface area contributed by atoms with Gasteiger partial charge in [0.1, 0.15) is 11.5 Å². The number of rotatable bonds is 10. The molecule has 0 atom stereocenters. The van der Waals surface area contributed by atoms with Gasteiger partial charge >= 0.3 is 0 Å². The fourth-order valence-corrected chi connectivity index (χ4v) is 3.86. The number of hydrogen-bond donors (Lipinski definition) is 0. The van der Waals surface area contributed by atoms with E-state index >= 15 is 0 Å². The molecule has 170 valence electrons. The molecule has 1 aromatic carbocycles. The average molecular weight is 461 g/mol. The van der Waals surface area contributed by atoms with Gasteiger partial charge < -0.3 is 18.9 Å². The van der Waals surface area contributed by atoms with E-state index in [1.165, 1.54) is 26.0 Å². The number of aryl methyl sites for hydroxylation is 1. The van der Waals surface area contributed by atoms with Crippen molar-refractivity contribution < 1.29 is 28.5 Å². The zero-order chi connectivity index (χ0) is 23.3. The smallest absolute Gasteiger partial charge is 0.209 e. The molecule has 1 aromatic heterocycles. The van der Waals surface area contributed by atoms with Crippen LogP contribution in [0, 0.1) is 0 Å². The van der Waals surface area contributed by atoms with Crippen LogP contribution in [0.1, 0.15) is 34.6 Å². The maximum Gasteiger partial charge on any atom is 0.209 e. The number of aromatic nitrogens is 4. The normalized spacial score (nSPS) is 14.1. The van der Waals surface area contributed by atoms with E-state index < -0.39 is 0 Å². The Hall–Kier alpha value is -3.02. The quantitative estimate of drug-likeness (QED) is 0.387. The van der Waals surface area contributed by atoms with Gasteiger partial charge in [-0.2, -0.15) is 0 Å². The highest BCUT2D eigenvalue weighted by Gasteiger charge is 2.35. The third kappa shape index (κ3) is 4.90. The molecule has 10 nitrogen and oxygen atoms in total. The molecule has 2 aromatic rings. The first-order valence-electron chi connectivity index (χ1n) is 9.62. The molecule has 0 saturated carbocycles. The summed E-state index contributed by atoms with van der Waals surface area (Å²) in [6, 6.07) is 3.17. The molecule has 0 N–H and O–H groups in total. The Morgan fingerprint density at radius 1 is 1.06 bits per heavy atom. The third-order valence-corrected chi connectivity index (χ3v) is 5.84. The fraction of sp³-hybridized carbons (Fsp3) is 0.381. The van der Waals surface area contributed by atoms with Gasteiger partial charge in [0.05, 0.1) is 11.1 Å². The van der Waals surface area contributed by atoms with Crippen LogP contribution >= 0.6 is 11.8 Å². The summed E-state index contributed by atoms with van der Waals surface area (Å²) in [7, 11) is 4.70. The lowest BCUT2D eigenvalue weighted by Crippen LogP contribution is -2.23. The van der Waals surface area contributed by atoms with Crippen LogP contribution in [0.4, 0.5) is 0 Å².